The first kappa shape index (κ1) is 25.9. The molecular formula is C28H28FN7O4. The number of hydrogen-bond acceptors (Lipinski definition) is 8. The molecule has 12 heteroatoms. The first-order chi connectivity index (χ1) is 19.5. The predicted molar refractivity (Wildman–Crippen MR) is 139 cm³/mol. The van der Waals surface area contributed by atoms with Gasteiger partial charge in [0, 0.05) is 35.9 Å². The van der Waals surface area contributed by atoms with Crippen LogP contribution in [0.4, 0.5) is 4.39 Å². The van der Waals surface area contributed by atoms with Crippen LogP contribution in [0.3, 0.4) is 0 Å². The van der Waals surface area contributed by atoms with Gasteiger partial charge in [-0.3, -0.25) is 4.90 Å². The monoisotopic (exact) mass is 545 g/mol. The van der Waals surface area contributed by atoms with Crippen LogP contribution in [-0.2, 0) is 24.4 Å². The molecule has 0 amide bonds. The lowest BCUT2D eigenvalue weighted by molar-refractivity contribution is -0.0592. The Bertz CT molecular complexity index is 1580. The molecule has 4 aromatic rings. The maximum absolute atomic E-state index is 14.2. The molecule has 2 saturated heterocycles. The highest BCUT2D eigenvalue weighted by Gasteiger charge is 2.27. The normalized spacial score (nSPS) is 17.9. The summed E-state index contributed by atoms with van der Waals surface area (Å²) in [5.74, 6) is -0.0147. The van der Waals surface area contributed by atoms with E-state index in [1.165, 1.54) is 10.7 Å². The number of benzene rings is 1. The molecular weight excluding hydrogens is 517 g/mol. The Morgan fingerprint density at radius 1 is 1.18 bits per heavy atom. The number of nitrogens with zero attached hydrogens (tertiary/aromatic N) is 7. The number of ether oxygens (including phenoxy) is 2. The molecule has 11 nitrogen and oxygen atoms in total. The van der Waals surface area contributed by atoms with Crippen molar-refractivity contribution in [2.75, 3.05) is 19.7 Å². The zero-order chi connectivity index (χ0) is 27.6. The molecule has 0 aliphatic carbocycles. The highest BCUT2D eigenvalue weighted by atomic mass is 19.1. The highest BCUT2D eigenvalue weighted by Crippen LogP contribution is 2.29. The van der Waals surface area contributed by atoms with Crippen LogP contribution in [0.2, 0.25) is 0 Å². The maximum Gasteiger partial charge on any atom is 0.356 e. The fraction of sp³-hybridized carbons (Fsp3) is 0.393. The number of piperidine rings is 1. The summed E-state index contributed by atoms with van der Waals surface area (Å²) in [4.78, 5) is 18.4. The minimum atomic E-state index is -1.08. The van der Waals surface area contributed by atoms with Gasteiger partial charge < -0.3 is 19.1 Å². The van der Waals surface area contributed by atoms with Crippen LogP contribution in [0.15, 0.2) is 42.5 Å². The quantitative estimate of drug-likeness (QED) is 0.336. The van der Waals surface area contributed by atoms with E-state index in [9.17, 15) is 14.3 Å². The van der Waals surface area contributed by atoms with Gasteiger partial charge in [0.05, 0.1) is 30.8 Å². The molecule has 1 unspecified atom stereocenters. The van der Waals surface area contributed by atoms with Gasteiger partial charge in [-0.2, -0.15) is 5.26 Å². The third kappa shape index (κ3) is 5.38. The van der Waals surface area contributed by atoms with Crippen molar-refractivity contribution in [3.63, 3.8) is 0 Å². The molecule has 6 rings (SSSR count). The van der Waals surface area contributed by atoms with Crippen LogP contribution in [-0.4, -0.2) is 66.2 Å². The van der Waals surface area contributed by atoms with Crippen molar-refractivity contribution in [3.8, 4) is 11.9 Å². The van der Waals surface area contributed by atoms with Gasteiger partial charge in [-0.15, -0.1) is 14.8 Å². The zero-order valence-electron chi connectivity index (χ0n) is 21.7. The molecule has 40 heavy (non-hydrogen) atoms. The van der Waals surface area contributed by atoms with Crippen LogP contribution >= 0.6 is 0 Å². The summed E-state index contributed by atoms with van der Waals surface area (Å²) in [5.41, 5.74) is 2.21. The van der Waals surface area contributed by atoms with Gasteiger partial charge in [-0.1, -0.05) is 12.1 Å². The van der Waals surface area contributed by atoms with Crippen molar-refractivity contribution in [2.24, 2.45) is 0 Å². The highest BCUT2D eigenvalue weighted by molar-refractivity contribution is 5.86. The maximum atomic E-state index is 14.2. The van der Waals surface area contributed by atoms with E-state index in [1.54, 1.807) is 24.3 Å². The number of carboxylic acids is 1. The number of aromatic carboxylic acids is 1. The second kappa shape index (κ2) is 11.0. The molecule has 0 radical (unpaired) electrons. The van der Waals surface area contributed by atoms with Crippen LogP contribution in [0.25, 0.3) is 5.65 Å². The molecule has 1 aromatic carbocycles. The SMILES string of the molecule is N#Cc1ccc(COc2cccc(C3CCN(Cc4nn5nc(C(=O)O)cc5n4CC4CCO4)CC3)n2)c(F)c1. The predicted octanol–water partition coefficient (Wildman–Crippen LogP) is 3.38. The summed E-state index contributed by atoms with van der Waals surface area (Å²) >= 11 is 0. The van der Waals surface area contributed by atoms with Crippen LogP contribution in [0, 0.1) is 17.1 Å². The lowest BCUT2D eigenvalue weighted by Gasteiger charge is -2.32. The van der Waals surface area contributed by atoms with Gasteiger partial charge in [-0.25, -0.2) is 14.2 Å². The summed E-state index contributed by atoms with van der Waals surface area (Å²) < 4.78 is 29.0. The van der Waals surface area contributed by atoms with E-state index in [4.69, 9.17) is 14.7 Å². The molecule has 2 aliphatic rings. The van der Waals surface area contributed by atoms with Crippen LogP contribution < -0.4 is 4.74 Å². The minimum Gasteiger partial charge on any atom is -0.476 e. The molecule has 0 bridgehead atoms. The molecule has 3 aromatic heterocycles. The molecule has 1 atom stereocenters. The Morgan fingerprint density at radius 2 is 2.00 bits per heavy atom. The summed E-state index contributed by atoms with van der Waals surface area (Å²) in [5, 5.41) is 27.0. The summed E-state index contributed by atoms with van der Waals surface area (Å²) in [7, 11) is 0. The fourth-order valence-electron chi connectivity index (χ4n) is 5.18. The van der Waals surface area contributed by atoms with Gasteiger partial charge >= 0.3 is 5.97 Å². The number of aromatic nitrogens is 5. The molecule has 206 valence electrons. The van der Waals surface area contributed by atoms with E-state index >= 15 is 0 Å². The first-order valence-electron chi connectivity index (χ1n) is 13.3. The largest absolute Gasteiger partial charge is 0.476 e. The van der Waals surface area contributed by atoms with Crippen molar-refractivity contribution >= 4 is 11.6 Å². The minimum absolute atomic E-state index is 0.0288. The number of fused-ring (bicyclic) bond motifs is 1. The Kier molecular flexibility index (Phi) is 7.15. The summed E-state index contributed by atoms with van der Waals surface area (Å²) in [6, 6.07) is 13.5. The Hall–Kier alpha value is -4.34. The van der Waals surface area contributed by atoms with Crippen molar-refractivity contribution < 1.29 is 23.8 Å². The number of carboxylic acid groups (broad SMARTS) is 1. The van der Waals surface area contributed by atoms with Crippen molar-refractivity contribution in [1.29, 1.82) is 5.26 Å². The first-order valence-corrected chi connectivity index (χ1v) is 13.3. The summed E-state index contributed by atoms with van der Waals surface area (Å²) in [6.07, 6.45) is 2.88. The average molecular weight is 546 g/mol. The number of halogens is 1. The molecule has 2 aliphatic heterocycles. The van der Waals surface area contributed by atoms with E-state index in [-0.39, 0.29) is 29.9 Å². The van der Waals surface area contributed by atoms with Crippen molar-refractivity contribution in [2.45, 2.75) is 51.0 Å². The number of pyridine rings is 1. The van der Waals surface area contributed by atoms with Gasteiger partial charge in [-0.05, 0) is 50.6 Å². The second-order valence-corrected chi connectivity index (χ2v) is 10.1. The zero-order valence-corrected chi connectivity index (χ0v) is 21.7. The van der Waals surface area contributed by atoms with E-state index < -0.39 is 11.8 Å². The topological polar surface area (TPSA) is 131 Å². The standard InChI is InChI=1S/C28H28FN7O4/c29-22-12-18(14-30)4-5-20(22)17-40-26-3-1-2-23(31-26)19-6-9-34(10-7-19)16-25-33-36-27(13-24(32-36)28(37)38)35(25)15-21-8-11-39-21/h1-5,12-13,19,21H,6-11,15-17H2,(H,37,38). The second-order valence-electron chi connectivity index (χ2n) is 10.1. The van der Waals surface area contributed by atoms with Gasteiger partial charge in [0.25, 0.3) is 0 Å². The Labute approximate surface area is 229 Å². The fourth-order valence-corrected chi connectivity index (χ4v) is 5.18. The molecule has 0 spiro atoms. The van der Waals surface area contributed by atoms with Crippen LogP contribution in [0.1, 0.15) is 58.3 Å². The van der Waals surface area contributed by atoms with Gasteiger partial charge in [0.1, 0.15) is 18.2 Å². The lowest BCUT2D eigenvalue weighted by atomic mass is 9.93. The number of hydrogen-bond donors (Lipinski definition) is 1. The van der Waals surface area contributed by atoms with Crippen molar-refractivity contribution in [1.82, 2.24) is 29.3 Å². The number of nitriles is 1. The molecule has 5 heterocycles. The van der Waals surface area contributed by atoms with Crippen LogP contribution in [0.5, 0.6) is 5.88 Å². The van der Waals surface area contributed by atoms with Gasteiger partial charge in [0.15, 0.2) is 11.3 Å². The number of carbonyl (C=O) groups is 1. The lowest BCUT2D eigenvalue weighted by Crippen LogP contribution is -2.35. The third-order valence-electron chi connectivity index (χ3n) is 7.54. The average Bonchev–Trinajstić information content (AvgIpc) is 3.49. The van der Waals surface area contributed by atoms with Gasteiger partial charge in [0.2, 0.25) is 5.88 Å². The third-order valence-corrected chi connectivity index (χ3v) is 7.54. The Balaban J connectivity index is 1.08. The molecule has 2 fully saturated rings. The molecule has 0 saturated carbocycles. The van der Waals surface area contributed by atoms with E-state index in [0.29, 0.717) is 30.2 Å². The van der Waals surface area contributed by atoms with E-state index in [1.807, 2.05) is 22.8 Å². The smallest absolute Gasteiger partial charge is 0.356 e. The number of rotatable bonds is 9. The number of likely N-dealkylation sites (tertiary alicyclic amines) is 1. The van der Waals surface area contributed by atoms with E-state index in [0.717, 1.165) is 50.5 Å². The summed E-state index contributed by atoms with van der Waals surface area (Å²) in [6.45, 7) is 3.71. The molecule has 1 N–H and O–H groups in total. The van der Waals surface area contributed by atoms with Crippen molar-refractivity contribution in [3.05, 3.63) is 76.6 Å². The van der Waals surface area contributed by atoms with E-state index in [2.05, 4.69) is 20.1 Å². The Morgan fingerprint density at radius 3 is 2.70 bits per heavy atom.